The van der Waals surface area contributed by atoms with Crippen LogP contribution in [0, 0.1) is 0 Å². The van der Waals surface area contributed by atoms with Crippen LogP contribution in [-0.4, -0.2) is 31.0 Å². The van der Waals surface area contributed by atoms with E-state index in [0.717, 1.165) is 0 Å². The van der Waals surface area contributed by atoms with Crippen LogP contribution in [0.15, 0.2) is 18.3 Å². The summed E-state index contributed by atoms with van der Waals surface area (Å²) in [6, 6.07) is 3.43. The molecule has 2 aromatic rings. The minimum atomic E-state index is -0.666. The summed E-state index contributed by atoms with van der Waals surface area (Å²) in [6.45, 7) is -0.237. The van der Waals surface area contributed by atoms with Gasteiger partial charge in [-0.25, -0.2) is 4.68 Å². The zero-order valence-corrected chi connectivity index (χ0v) is 9.16. The van der Waals surface area contributed by atoms with Crippen molar-refractivity contribution in [2.75, 3.05) is 0 Å². The normalized spacial score (nSPS) is 10.5. The number of amides is 1. The van der Waals surface area contributed by atoms with E-state index in [9.17, 15) is 9.90 Å². The number of primary amides is 1. The first kappa shape index (κ1) is 11.2. The van der Waals surface area contributed by atoms with Gasteiger partial charge in [-0.1, -0.05) is 5.21 Å². The number of nitrogens with zero attached hydrogens (tertiary/aromatic N) is 4. The third-order valence-corrected chi connectivity index (χ3v) is 2.36. The van der Waals surface area contributed by atoms with E-state index in [0.29, 0.717) is 17.0 Å². The predicted octanol–water partition coefficient (Wildman–Crippen LogP) is -0.532. The molecule has 0 aliphatic carbocycles. The van der Waals surface area contributed by atoms with Gasteiger partial charge in [0.15, 0.2) is 5.69 Å². The standard InChI is InChI=1S/C10H11N5O2/c1-15-9(8(10(11)17)13-14-15)6-3-2-4-12-7(6)5-16/h2-4,16H,5H2,1H3,(H2,11,17). The zero-order valence-electron chi connectivity index (χ0n) is 9.16. The molecule has 2 heterocycles. The number of hydrogen-bond donors (Lipinski definition) is 2. The molecule has 2 aromatic heterocycles. The second-order valence-electron chi connectivity index (χ2n) is 3.43. The summed E-state index contributed by atoms with van der Waals surface area (Å²) in [4.78, 5) is 15.3. The third-order valence-electron chi connectivity index (χ3n) is 2.36. The molecule has 1 amide bonds. The zero-order chi connectivity index (χ0) is 12.4. The Balaban J connectivity index is 2.67. The molecule has 17 heavy (non-hydrogen) atoms. The summed E-state index contributed by atoms with van der Waals surface area (Å²) in [7, 11) is 1.64. The van der Waals surface area contributed by atoms with E-state index in [1.807, 2.05) is 0 Å². The lowest BCUT2D eigenvalue weighted by Crippen LogP contribution is -2.13. The Labute approximate surface area is 96.9 Å². The van der Waals surface area contributed by atoms with Gasteiger partial charge in [0.1, 0.15) is 5.69 Å². The smallest absolute Gasteiger partial charge is 0.271 e. The molecule has 7 heteroatoms. The lowest BCUT2D eigenvalue weighted by atomic mass is 10.1. The molecule has 0 bridgehead atoms. The number of nitrogens with two attached hydrogens (primary N) is 1. The van der Waals surface area contributed by atoms with E-state index in [2.05, 4.69) is 15.3 Å². The highest BCUT2D eigenvalue weighted by Crippen LogP contribution is 2.23. The number of carbonyl (C=O) groups is 1. The fraction of sp³-hybridized carbons (Fsp3) is 0.200. The lowest BCUT2D eigenvalue weighted by Gasteiger charge is -2.06. The Morgan fingerprint density at radius 3 is 3.00 bits per heavy atom. The Hall–Kier alpha value is -2.28. The number of aromatic nitrogens is 4. The van der Waals surface area contributed by atoms with Gasteiger partial charge >= 0.3 is 0 Å². The molecule has 0 atom stereocenters. The molecule has 0 saturated carbocycles. The number of pyridine rings is 1. The predicted molar refractivity (Wildman–Crippen MR) is 58.7 cm³/mol. The molecule has 7 nitrogen and oxygen atoms in total. The van der Waals surface area contributed by atoms with Gasteiger partial charge in [0.25, 0.3) is 5.91 Å². The average molecular weight is 233 g/mol. The van der Waals surface area contributed by atoms with Crippen molar-refractivity contribution in [1.82, 2.24) is 20.0 Å². The summed E-state index contributed by atoms with van der Waals surface area (Å²) in [5.41, 5.74) is 6.78. The molecule has 0 radical (unpaired) electrons. The Morgan fingerprint density at radius 1 is 1.59 bits per heavy atom. The first-order valence-corrected chi connectivity index (χ1v) is 4.89. The molecule has 0 aliphatic rings. The van der Waals surface area contributed by atoms with Crippen LogP contribution in [0.4, 0.5) is 0 Å². The van der Waals surface area contributed by atoms with E-state index in [1.54, 1.807) is 25.4 Å². The maximum absolute atomic E-state index is 11.2. The number of aryl methyl sites for hydroxylation is 1. The molecule has 0 aliphatic heterocycles. The first-order chi connectivity index (χ1) is 8.15. The molecular weight excluding hydrogens is 222 g/mol. The Kier molecular flexibility index (Phi) is 2.84. The monoisotopic (exact) mass is 233 g/mol. The van der Waals surface area contributed by atoms with Crippen LogP contribution < -0.4 is 5.73 Å². The SMILES string of the molecule is Cn1nnc(C(N)=O)c1-c1cccnc1CO. The average Bonchev–Trinajstić information content (AvgIpc) is 2.71. The van der Waals surface area contributed by atoms with Gasteiger partial charge in [0.2, 0.25) is 0 Å². The van der Waals surface area contributed by atoms with Crippen LogP contribution in [0.3, 0.4) is 0 Å². The van der Waals surface area contributed by atoms with Crippen molar-refractivity contribution in [3.63, 3.8) is 0 Å². The van der Waals surface area contributed by atoms with Crippen LogP contribution in [0.25, 0.3) is 11.3 Å². The van der Waals surface area contributed by atoms with Gasteiger partial charge in [-0.3, -0.25) is 9.78 Å². The number of aliphatic hydroxyl groups excluding tert-OH is 1. The molecule has 0 aromatic carbocycles. The summed E-state index contributed by atoms with van der Waals surface area (Å²) in [6.07, 6.45) is 1.56. The van der Waals surface area contributed by atoms with Crippen LogP contribution in [0.2, 0.25) is 0 Å². The molecular formula is C10H11N5O2. The maximum atomic E-state index is 11.2. The molecule has 88 valence electrons. The summed E-state index contributed by atoms with van der Waals surface area (Å²) in [5, 5.41) is 16.7. The Bertz CT molecular complexity index is 564. The third kappa shape index (κ3) is 1.87. The van der Waals surface area contributed by atoms with Crippen LogP contribution in [-0.2, 0) is 13.7 Å². The van der Waals surface area contributed by atoms with Crippen molar-refractivity contribution in [3.8, 4) is 11.3 Å². The van der Waals surface area contributed by atoms with Gasteiger partial charge < -0.3 is 10.8 Å². The molecule has 0 unspecified atom stereocenters. The minimum Gasteiger partial charge on any atom is -0.390 e. The van der Waals surface area contributed by atoms with Crippen molar-refractivity contribution in [2.45, 2.75) is 6.61 Å². The van der Waals surface area contributed by atoms with Gasteiger partial charge in [-0.15, -0.1) is 5.10 Å². The van der Waals surface area contributed by atoms with E-state index in [1.165, 1.54) is 4.68 Å². The second kappa shape index (κ2) is 4.30. The first-order valence-electron chi connectivity index (χ1n) is 4.89. The van der Waals surface area contributed by atoms with Crippen molar-refractivity contribution < 1.29 is 9.90 Å². The Morgan fingerprint density at radius 2 is 2.35 bits per heavy atom. The van der Waals surface area contributed by atoms with E-state index in [-0.39, 0.29) is 12.3 Å². The molecule has 3 N–H and O–H groups in total. The molecule has 0 saturated heterocycles. The number of carbonyl (C=O) groups excluding carboxylic acids is 1. The van der Waals surface area contributed by atoms with Crippen molar-refractivity contribution in [3.05, 3.63) is 29.7 Å². The van der Waals surface area contributed by atoms with Crippen molar-refractivity contribution in [1.29, 1.82) is 0 Å². The molecule has 0 fully saturated rings. The lowest BCUT2D eigenvalue weighted by molar-refractivity contribution is 0.0996. The molecule has 2 rings (SSSR count). The van der Waals surface area contributed by atoms with E-state index in [4.69, 9.17) is 5.73 Å². The summed E-state index contributed by atoms with van der Waals surface area (Å²) < 4.78 is 1.43. The highest BCUT2D eigenvalue weighted by Gasteiger charge is 2.19. The fourth-order valence-electron chi connectivity index (χ4n) is 1.60. The number of rotatable bonds is 3. The fourth-order valence-corrected chi connectivity index (χ4v) is 1.60. The maximum Gasteiger partial charge on any atom is 0.271 e. The topological polar surface area (TPSA) is 107 Å². The number of aliphatic hydroxyl groups is 1. The second-order valence-corrected chi connectivity index (χ2v) is 3.43. The minimum absolute atomic E-state index is 0.0650. The van der Waals surface area contributed by atoms with Gasteiger partial charge in [-0.05, 0) is 12.1 Å². The van der Waals surface area contributed by atoms with E-state index >= 15 is 0 Å². The van der Waals surface area contributed by atoms with E-state index < -0.39 is 5.91 Å². The number of hydrogen-bond acceptors (Lipinski definition) is 5. The summed E-state index contributed by atoms with van der Waals surface area (Å²) >= 11 is 0. The quantitative estimate of drug-likeness (QED) is 0.741. The van der Waals surface area contributed by atoms with Crippen molar-refractivity contribution in [2.24, 2.45) is 12.8 Å². The largest absolute Gasteiger partial charge is 0.390 e. The van der Waals surface area contributed by atoms with Crippen LogP contribution in [0.5, 0.6) is 0 Å². The molecule has 0 spiro atoms. The highest BCUT2D eigenvalue weighted by molar-refractivity contribution is 5.97. The van der Waals surface area contributed by atoms with Crippen LogP contribution in [0.1, 0.15) is 16.2 Å². The van der Waals surface area contributed by atoms with Gasteiger partial charge in [-0.2, -0.15) is 0 Å². The van der Waals surface area contributed by atoms with Gasteiger partial charge in [0, 0.05) is 18.8 Å². The van der Waals surface area contributed by atoms with Gasteiger partial charge in [0.05, 0.1) is 12.3 Å². The van der Waals surface area contributed by atoms with Crippen molar-refractivity contribution >= 4 is 5.91 Å². The van der Waals surface area contributed by atoms with Crippen LogP contribution >= 0.6 is 0 Å². The summed E-state index contributed by atoms with van der Waals surface area (Å²) in [5.74, 6) is -0.666. The highest BCUT2D eigenvalue weighted by atomic mass is 16.3.